The first kappa shape index (κ1) is 23.9. The highest BCUT2D eigenvalue weighted by Crippen LogP contribution is 1.42. The maximum atomic E-state index is 9.00. The van der Waals surface area contributed by atoms with Crippen LogP contribution in [0, 0.1) is 0 Å². The van der Waals surface area contributed by atoms with Crippen LogP contribution in [0.4, 0.5) is 0 Å². The molecule has 0 aromatic heterocycles. The van der Waals surface area contributed by atoms with Crippen LogP contribution < -0.4 is 0 Å². The minimum Gasteiger partial charge on any atom is -0.481 e. The van der Waals surface area contributed by atoms with Crippen LogP contribution in [-0.4, -0.2) is 55.6 Å². The standard InChI is InChI=1S/3C2H4O2.BH3O3/c3*1-2(3)4;2-1(3)4/h3*1H3,(H,3,4);2-4H. The molecule has 6 N–H and O–H groups in total. The zero-order valence-corrected chi connectivity index (χ0v) is 8.99. The van der Waals surface area contributed by atoms with Crippen molar-refractivity contribution in [3.63, 3.8) is 0 Å². The Kier molecular flexibility index (Phi) is 28.4. The van der Waals surface area contributed by atoms with Crippen molar-refractivity contribution in [2.24, 2.45) is 0 Å². The first-order valence-corrected chi connectivity index (χ1v) is 3.56. The van der Waals surface area contributed by atoms with Gasteiger partial charge in [0, 0.05) is 20.8 Å². The summed E-state index contributed by atoms with van der Waals surface area (Å²) in [6, 6.07) is 0. The van der Waals surface area contributed by atoms with Crippen molar-refractivity contribution in [1.29, 1.82) is 0 Å². The van der Waals surface area contributed by atoms with Crippen LogP contribution in [0.25, 0.3) is 0 Å². The molecule has 9 nitrogen and oxygen atoms in total. The van der Waals surface area contributed by atoms with Gasteiger partial charge in [0.25, 0.3) is 17.9 Å². The summed E-state index contributed by atoms with van der Waals surface area (Å²) in [5, 5.41) is 43.8. The molecule has 0 rings (SSSR count). The molecule has 0 aliphatic rings. The quantitative estimate of drug-likeness (QED) is 0.268. The zero-order chi connectivity index (χ0) is 14.3. The maximum absolute atomic E-state index is 9.00. The predicted molar refractivity (Wildman–Crippen MR) is 52.3 cm³/mol. The van der Waals surface area contributed by atoms with Crippen molar-refractivity contribution < 1.29 is 44.8 Å². The lowest BCUT2D eigenvalue weighted by molar-refractivity contribution is -0.135. The Bertz CT molecular complexity index is 147. The molecule has 0 aromatic carbocycles. The van der Waals surface area contributed by atoms with E-state index in [1.54, 1.807) is 0 Å². The Hall–Kier alpha value is -1.65. The zero-order valence-electron chi connectivity index (χ0n) is 8.99. The van der Waals surface area contributed by atoms with Gasteiger partial charge in [0.1, 0.15) is 0 Å². The minimum absolute atomic E-state index is 0.833. The minimum atomic E-state index is -2.17. The topological polar surface area (TPSA) is 173 Å². The number of rotatable bonds is 0. The molecule has 10 heteroatoms. The summed E-state index contributed by atoms with van der Waals surface area (Å²) in [4.78, 5) is 27.0. The number of aliphatic carboxylic acids is 3. The Labute approximate surface area is 91.8 Å². The van der Waals surface area contributed by atoms with E-state index in [1.807, 2.05) is 0 Å². The number of hydrogen-bond donors (Lipinski definition) is 6. The Morgan fingerprint density at radius 1 is 0.688 bits per heavy atom. The van der Waals surface area contributed by atoms with Gasteiger partial charge < -0.3 is 30.4 Å². The van der Waals surface area contributed by atoms with E-state index in [0.717, 1.165) is 20.8 Å². The van der Waals surface area contributed by atoms with E-state index >= 15 is 0 Å². The predicted octanol–water partition coefficient (Wildman–Crippen LogP) is -1.78. The van der Waals surface area contributed by atoms with Gasteiger partial charge in [-0.2, -0.15) is 0 Å². The molecule has 0 aliphatic heterocycles. The SMILES string of the molecule is CC(=O)O.CC(=O)O.CC(=O)O.OB(O)O. The summed E-state index contributed by atoms with van der Waals surface area (Å²) in [6.45, 7) is 3.25. The summed E-state index contributed by atoms with van der Waals surface area (Å²) in [7, 11) is -2.17. The van der Waals surface area contributed by atoms with E-state index in [4.69, 9.17) is 44.8 Å². The van der Waals surface area contributed by atoms with E-state index in [9.17, 15) is 0 Å². The van der Waals surface area contributed by atoms with Crippen LogP contribution in [0.2, 0.25) is 0 Å². The van der Waals surface area contributed by atoms with Crippen molar-refractivity contribution in [2.45, 2.75) is 20.8 Å². The van der Waals surface area contributed by atoms with Gasteiger partial charge in [0.15, 0.2) is 0 Å². The van der Waals surface area contributed by atoms with Gasteiger partial charge in [-0.05, 0) is 0 Å². The summed E-state index contributed by atoms with van der Waals surface area (Å²) < 4.78 is 0. The van der Waals surface area contributed by atoms with Gasteiger partial charge in [0.05, 0.1) is 0 Å². The van der Waals surface area contributed by atoms with Crippen molar-refractivity contribution in [3.8, 4) is 0 Å². The normalized spacial score (nSPS) is 6.38. The van der Waals surface area contributed by atoms with Gasteiger partial charge in [-0.15, -0.1) is 0 Å². The molecule has 0 saturated heterocycles. The second-order valence-electron chi connectivity index (χ2n) is 1.90. The fraction of sp³-hybridized carbons (Fsp3) is 0.500. The smallest absolute Gasteiger partial charge is 0.481 e. The Morgan fingerprint density at radius 3 is 0.688 bits per heavy atom. The molecule has 0 atom stereocenters. The lowest BCUT2D eigenvalue weighted by atomic mass is 10.3. The van der Waals surface area contributed by atoms with Crippen LogP contribution >= 0.6 is 0 Å². The lowest BCUT2D eigenvalue weighted by Crippen LogP contribution is -2.07. The molecular weight excluding hydrogens is 227 g/mol. The summed E-state index contributed by atoms with van der Waals surface area (Å²) in [5.41, 5.74) is 0. The van der Waals surface area contributed by atoms with Crippen LogP contribution in [0.1, 0.15) is 20.8 Å². The van der Waals surface area contributed by atoms with Gasteiger partial charge in [-0.1, -0.05) is 0 Å². The fourth-order valence-electron chi connectivity index (χ4n) is 0. The van der Waals surface area contributed by atoms with E-state index < -0.39 is 25.2 Å². The van der Waals surface area contributed by atoms with Gasteiger partial charge >= 0.3 is 7.32 Å². The Morgan fingerprint density at radius 2 is 0.688 bits per heavy atom. The largest absolute Gasteiger partial charge is 0.631 e. The fourth-order valence-corrected chi connectivity index (χ4v) is 0. The lowest BCUT2D eigenvalue weighted by Gasteiger charge is -1.69. The molecule has 0 fully saturated rings. The summed E-state index contributed by atoms with van der Waals surface area (Å²) >= 11 is 0. The van der Waals surface area contributed by atoms with Gasteiger partial charge in [0.2, 0.25) is 0 Å². The number of hydrogen-bond acceptors (Lipinski definition) is 6. The number of carbonyl (C=O) groups is 3. The molecule has 0 unspecified atom stereocenters. The maximum Gasteiger partial charge on any atom is 0.631 e. The highest BCUT2D eigenvalue weighted by Gasteiger charge is 1.92. The van der Waals surface area contributed by atoms with Crippen LogP contribution in [0.3, 0.4) is 0 Å². The van der Waals surface area contributed by atoms with Gasteiger partial charge in [-0.3, -0.25) is 14.4 Å². The third kappa shape index (κ3) is 589. The molecule has 0 radical (unpaired) electrons. The number of carboxylic acids is 3. The van der Waals surface area contributed by atoms with Crippen LogP contribution in [0.5, 0.6) is 0 Å². The average Bonchev–Trinajstić information content (AvgIpc) is 1.76. The molecule has 16 heavy (non-hydrogen) atoms. The van der Waals surface area contributed by atoms with E-state index in [-0.39, 0.29) is 0 Å². The van der Waals surface area contributed by atoms with Crippen molar-refractivity contribution in [3.05, 3.63) is 0 Å². The highest BCUT2D eigenvalue weighted by atomic mass is 16.5. The first-order chi connectivity index (χ1) is 6.93. The van der Waals surface area contributed by atoms with Crippen LogP contribution in [0.15, 0.2) is 0 Å². The van der Waals surface area contributed by atoms with Crippen molar-refractivity contribution in [2.75, 3.05) is 0 Å². The van der Waals surface area contributed by atoms with E-state index in [0.29, 0.717) is 0 Å². The molecule has 96 valence electrons. The number of carboxylic acid groups (broad SMARTS) is 3. The molecular formula is C6H15BO9. The third-order valence-electron chi connectivity index (χ3n) is 0. The average molecular weight is 242 g/mol. The summed E-state index contributed by atoms with van der Waals surface area (Å²) in [6.07, 6.45) is 0. The Balaban J connectivity index is -0.0000000600. The molecule has 0 aliphatic carbocycles. The molecule has 0 heterocycles. The molecule has 0 bridgehead atoms. The van der Waals surface area contributed by atoms with Gasteiger partial charge in [-0.25, -0.2) is 0 Å². The second kappa shape index (κ2) is 19.0. The van der Waals surface area contributed by atoms with Crippen molar-refractivity contribution in [1.82, 2.24) is 0 Å². The molecule has 0 amide bonds. The van der Waals surface area contributed by atoms with Crippen molar-refractivity contribution >= 4 is 25.2 Å². The second-order valence-corrected chi connectivity index (χ2v) is 1.90. The molecule has 0 spiro atoms. The molecule has 0 aromatic rings. The third-order valence-corrected chi connectivity index (χ3v) is 0. The molecule has 0 saturated carbocycles. The van der Waals surface area contributed by atoms with Crippen LogP contribution in [-0.2, 0) is 14.4 Å². The summed E-state index contributed by atoms with van der Waals surface area (Å²) in [5.74, 6) is -2.50. The van der Waals surface area contributed by atoms with E-state index in [2.05, 4.69) is 0 Å². The first-order valence-electron chi connectivity index (χ1n) is 3.56. The van der Waals surface area contributed by atoms with E-state index in [1.165, 1.54) is 0 Å². The highest BCUT2D eigenvalue weighted by molar-refractivity contribution is 6.30. The monoisotopic (exact) mass is 242 g/mol.